The molecule has 3 N–H and O–H groups in total. The summed E-state index contributed by atoms with van der Waals surface area (Å²) in [5.41, 5.74) is 3.27. The number of para-hydroxylation sites is 1. The third-order valence-electron chi connectivity index (χ3n) is 6.73. The van der Waals surface area contributed by atoms with Crippen molar-refractivity contribution in [1.29, 1.82) is 0 Å². The van der Waals surface area contributed by atoms with E-state index in [0.717, 1.165) is 20.7 Å². The van der Waals surface area contributed by atoms with E-state index in [9.17, 15) is 14.4 Å². The number of thiazole rings is 1. The van der Waals surface area contributed by atoms with Crippen molar-refractivity contribution < 1.29 is 14.4 Å². The highest BCUT2D eigenvalue weighted by Crippen LogP contribution is 2.38. The molecule has 10 heteroatoms. The molecule has 0 saturated carbocycles. The van der Waals surface area contributed by atoms with Gasteiger partial charge in [0.2, 0.25) is 5.91 Å². The fourth-order valence-corrected chi connectivity index (χ4v) is 6.50. The van der Waals surface area contributed by atoms with E-state index in [-0.39, 0.29) is 11.6 Å². The van der Waals surface area contributed by atoms with Gasteiger partial charge in [0.25, 0.3) is 11.8 Å². The van der Waals surface area contributed by atoms with Gasteiger partial charge in [-0.15, -0.1) is 11.8 Å². The van der Waals surface area contributed by atoms with Gasteiger partial charge in [0.15, 0.2) is 5.13 Å². The molecule has 0 aliphatic carbocycles. The van der Waals surface area contributed by atoms with Crippen molar-refractivity contribution in [3.8, 4) is 0 Å². The van der Waals surface area contributed by atoms with E-state index in [1.54, 1.807) is 73.1 Å². The van der Waals surface area contributed by atoms with Crippen LogP contribution in [0.1, 0.15) is 26.7 Å². The Balaban J connectivity index is 1.22. The van der Waals surface area contributed by atoms with Crippen LogP contribution in [-0.4, -0.2) is 27.7 Å². The summed E-state index contributed by atoms with van der Waals surface area (Å²) in [6.07, 6.45) is 4.80. The number of nitrogens with zero attached hydrogens (tertiary/aromatic N) is 2. The highest BCUT2D eigenvalue weighted by atomic mass is 32.2. The largest absolute Gasteiger partial charge is 0.321 e. The molecular weight excluding hydrogens is 615 g/mol. The molecule has 0 saturated heterocycles. The van der Waals surface area contributed by atoms with E-state index in [0.29, 0.717) is 21.9 Å². The second-order valence-corrected chi connectivity index (χ2v) is 12.2. The second-order valence-electron chi connectivity index (χ2n) is 10.0. The molecule has 226 valence electrons. The Hall–Kier alpha value is -5.58. The van der Waals surface area contributed by atoms with E-state index in [2.05, 4.69) is 25.9 Å². The Morgan fingerprint density at radius 1 is 0.783 bits per heavy atom. The van der Waals surface area contributed by atoms with Crippen molar-refractivity contribution in [2.24, 2.45) is 0 Å². The van der Waals surface area contributed by atoms with Crippen molar-refractivity contribution in [3.05, 3.63) is 156 Å². The Morgan fingerprint density at radius 3 is 2.30 bits per heavy atom. The van der Waals surface area contributed by atoms with Crippen molar-refractivity contribution in [3.63, 3.8) is 0 Å². The molecule has 3 amide bonds. The van der Waals surface area contributed by atoms with Crippen LogP contribution in [0.3, 0.4) is 0 Å². The summed E-state index contributed by atoms with van der Waals surface area (Å²) in [4.78, 5) is 49.6. The summed E-state index contributed by atoms with van der Waals surface area (Å²) in [5.74, 6) is -1.14. The molecule has 0 spiro atoms. The smallest absolute Gasteiger partial charge is 0.272 e. The van der Waals surface area contributed by atoms with Crippen LogP contribution >= 0.6 is 23.1 Å². The number of fused-ring (bicyclic) bond motifs is 1. The zero-order valence-electron chi connectivity index (χ0n) is 24.3. The standard InChI is InChI=1S/C36H27N5O3S2/c42-33(26-14-5-2-6-15-26)39-30(21-24-11-10-20-37-23-24)34(43)38-27-16-9-17-28(22-27)45-32(25-12-3-1-4-13-25)35(44)41-36-40-29-18-7-8-19-31(29)46-36/h1-23,32H,(H,38,43)(H,39,42)(H,40,41,44)/b30-21-. The molecule has 0 radical (unpaired) electrons. The van der Waals surface area contributed by atoms with Crippen LogP contribution < -0.4 is 16.0 Å². The molecule has 8 nitrogen and oxygen atoms in total. The van der Waals surface area contributed by atoms with Gasteiger partial charge in [0, 0.05) is 28.5 Å². The van der Waals surface area contributed by atoms with Crippen LogP contribution in [0.25, 0.3) is 16.3 Å². The number of aromatic nitrogens is 2. The van der Waals surface area contributed by atoms with Gasteiger partial charge < -0.3 is 16.0 Å². The minimum atomic E-state index is -0.592. The number of benzene rings is 4. The average molecular weight is 642 g/mol. The molecule has 46 heavy (non-hydrogen) atoms. The molecule has 2 aromatic heterocycles. The molecule has 4 aromatic carbocycles. The molecular formula is C36H27N5O3S2. The lowest BCUT2D eigenvalue weighted by atomic mass is 10.1. The lowest BCUT2D eigenvalue weighted by molar-refractivity contribution is -0.116. The van der Waals surface area contributed by atoms with E-state index >= 15 is 0 Å². The maximum absolute atomic E-state index is 13.7. The number of rotatable bonds is 10. The van der Waals surface area contributed by atoms with Crippen molar-refractivity contribution in [1.82, 2.24) is 15.3 Å². The molecule has 0 fully saturated rings. The fourth-order valence-electron chi connectivity index (χ4n) is 4.55. The van der Waals surface area contributed by atoms with Crippen molar-refractivity contribution in [2.45, 2.75) is 10.1 Å². The van der Waals surface area contributed by atoms with Gasteiger partial charge >= 0.3 is 0 Å². The average Bonchev–Trinajstić information content (AvgIpc) is 3.50. The first-order valence-electron chi connectivity index (χ1n) is 14.3. The quantitative estimate of drug-likeness (QED) is 0.105. The number of carbonyl (C=O) groups is 3. The number of thioether (sulfide) groups is 1. The minimum Gasteiger partial charge on any atom is -0.321 e. The molecule has 6 aromatic rings. The maximum Gasteiger partial charge on any atom is 0.272 e. The Kier molecular flexibility index (Phi) is 9.58. The molecule has 2 heterocycles. The van der Waals surface area contributed by atoms with Crippen LogP contribution in [0.2, 0.25) is 0 Å². The van der Waals surface area contributed by atoms with Gasteiger partial charge in [-0.05, 0) is 65.7 Å². The second kappa shape index (κ2) is 14.5. The predicted octanol–water partition coefficient (Wildman–Crippen LogP) is 7.57. The summed E-state index contributed by atoms with van der Waals surface area (Å²) in [6.45, 7) is 0. The van der Waals surface area contributed by atoms with Crippen LogP contribution in [0, 0.1) is 0 Å². The summed E-state index contributed by atoms with van der Waals surface area (Å²) in [6, 6.07) is 36.7. The molecule has 0 aliphatic rings. The lowest BCUT2D eigenvalue weighted by Crippen LogP contribution is -2.30. The molecule has 1 unspecified atom stereocenters. The van der Waals surface area contributed by atoms with Gasteiger partial charge in [-0.1, -0.05) is 84.1 Å². The summed E-state index contributed by atoms with van der Waals surface area (Å²) in [5, 5.41) is 8.56. The molecule has 1 atom stereocenters. The Morgan fingerprint density at radius 2 is 1.54 bits per heavy atom. The van der Waals surface area contributed by atoms with Gasteiger partial charge in [0.1, 0.15) is 10.9 Å². The highest BCUT2D eigenvalue weighted by molar-refractivity contribution is 8.00. The Labute approximate surface area is 273 Å². The zero-order valence-corrected chi connectivity index (χ0v) is 25.9. The predicted molar refractivity (Wildman–Crippen MR) is 184 cm³/mol. The number of amides is 3. The summed E-state index contributed by atoms with van der Waals surface area (Å²) < 4.78 is 0.988. The maximum atomic E-state index is 13.7. The number of nitrogens with one attached hydrogen (secondary N) is 3. The van der Waals surface area contributed by atoms with Crippen LogP contribution in [-0.2, 0) is 9.59 Å². The first kappa shape index (κ1) is 30.4. The van der Waals surface area contributed by atoms with Crippen molar-refractivity contribution >= 4 is 67.9 Å². The lowest BCUT2D eigenvalue weighted by Gasteiger charge is -2.17. The summed E-state index contributed by atoms with van der Waals surface area (Å²) in [7, 11) is 0. The number of carbonyl (C=O) groups excluding carboxylic acids is 3. The number of hydrogen-bond donors (Lipinski definition) is 3. The van der Waals surface area contributed by atoms with Gasteiger partial charge in [-0.3, -0.25) is 19.4 Å². The van der Waals surface area contributed by atoms with Crippen LogP contribution in [0.5, 0.6) is 0 Å². The van der Waals surface area contributed by atoms with Gasteiger partial charge in [-0.2, -0.15) is 0 Å². The van der Waals surface area contributed by atoms with Crippen LogP contribution in [0.4, 0.5) is 10.8 Å². The first-order valence-corrected chi connectivity index (χ1v) is 16.0. The third kappa shape index (κ3) is 7.73. The topological polar surface area (TPSA) is 113 Å². The van der Waals surface area contributed by atoms with E-state index in [1.807, 2.05) is 66.7 Å². The van der Waals surface area contributed by atoms with Gasteiger partial charge in [0.05, 0.1) is 10.2 Å². The van der Waals surface area contributed by atoms with E-state index in [4.69, 9.17) is 0 Å². The minimum absolute atomic E-state index is 0.0530. The number of anilines is 2. The summed E-state index contributed by atoms with van der Waals surface area (Å²) >= 11 is 2.78. The molecule has 6 rings (SSSR count). The van der Waals surface area contributed by atoms with Crippen LogP contribution in [0.15, 0.2) is 144 Å². The molecule has 0 aliphatic heterocycles. The van der Waals surface area contributed by atoms with E-state index < -0.39 is 17.1 Å². The number of hydrogen-bond acceptors (Lipinski definition) is 7. The monoisotopic (exact) mass is 641 g/mol. The van der Waals surface area contributed by atoms with Crippen molar-refractivity contribution in [2.75, 3.05) is 10.6 Å². The fraction of sp³-hybridized carbons (Fsp3) is 0.0278. The Bertz CT molecular complexity index is 1980. The molecule has 0 bridgehead atoms. The highest BCUT2D eigenvalue weighted by Gasteiger charge is 2.24. The SMILES string of the molecule is O=C(Nc1cccc(SC(C(=O)Nc2nc3ccccc3s2)c2ccccc2)c1)/C(=C/c1cccnc1)NC(=O)c1ccccc1. The first-order chi connectivity index (χ1) is 22.5. The third-order valence-corrected chi connectivity index (χ3v) is 8.93. The van der Waals surface area contributed by atoms with E-state index in [1.165, 1.54) is 23.1 Å². The number of pyridine rings is 1. The zero-order chi connectivity index (χ0) is 31.7. The normalized spacial score (nSPS) is 11.9. The van der Waals surface area contributed by atoms with Gasteiger partial charge in [-0.25, -0.2) is 4.98 Å².